The summed E-state index contributed by atoms with van der Waals surface area (Å²) in [4.78, 5) is 24.3. The summed E-state index contributed by atoms with van der Waals surface area (Å²) in [6.07, 6.45) is -3.58. The van der Waals surface area contributed by atoms with Crippen LogP contribution in [0.25, 0.3) is 0 Å². The zero-order valence-corrected chi connectivity index (χ0v) is 8.68. The van der Waals surface area contributed by atoms with Crippen LogP contribution >= 0.6 is 0 Å². The lowest BCUT2D eigenvalue weighted by Crippen LogP contribution is -2.37. The molecule has 1 aliphatic rings. The second kappa shape index (κ2) is 4.41. The quantitative estimate of drug-likeness (QED) is 0.444. The van der Waals surface area contributed by atoms with Crippen molar-refractivity contribution in [3.8, 4) is 0 Å². The van der Waals surface area contributed by atoms with Gasteiger partial charge in [0, 0.05) is 12.3 Å². The van der Waals surface area contributed by atoms with Crippen molar-refractivity contribution in [2.24, 2.45) is 0 Å². The molecule has 0 spiro atoms. The molecule has 0 saturated carbocycles. The molecule has 0 aliphatic carbocycles. The van der Waals surface area contributed by atoms with Crippen molar-refractivity contribution in [3.05, 3.63) is 33.1 Å². The fourth-order valence-electron chi connectivity index (χ4n) is 1.74. The number of aromatic amines is 1. The Bertz CT molecular complexity index is 509. The zero-order valence-electron chi connectivity index (χ0n) is 8.68. The second-order valence-electron chi connectivity index (χ2n) is 3.75. The van der Waals surface area contributed by atoms with Gasteiger partial charge in [0.2, 0.25) is 0 Å². The Morgan fingerprint density at radius 1 is 1.35 bits per heavy atom. The van der Waals surface area contributed by atoms with E-state index in [1.54, 1.807) is 0 Å². The number of hydrogen-bond donors (Lipinski definition) is 4. The molecule has 94 valence electrons. The summed E-state index contributed by atoms with van der Waals surface area (Å²) in [6.45, 7) is -0.479. The molecule has 8 nitrogen and oxygen atoms in total. The number of rotatable bonds is 2. The van der Waals surface area contributed by atoms with Crippen molar-refractivity contribution in [1.82, 2.24) is 9.55 Å². The maximum Gasteiger partial charge on any atom is 0.330 e. The lowest BCUT2D eigenvalue weighted by atomic mass is 10.1. The summed E-state index contributed by atoms with van der Waals surface area (Å²) in [7, 11) is 0. The van der Waals surface area contributed by atoms with E-state index in [4.69, 9.17) is 9.84 Å². The lowest BCUT2D eigenvalue weighted by molar-refractivity contribution is -0.0550. The molecule has 2 heterocycles. The van der Waals surface area contributed by atoms with Crippen LogP contribution in [0.5, 0.6) is 0 Å². The Morgan fingerprint density at radius 3 is 2.59 bits per heavy atom. The maximum atomic E-state index is 11.4. The highest BCUT2D eigenvalue weighted by Gasteiger charge is 2.43. The van der Waals surface area contributed by atoms with Gasteiger partial charge in [-0.05, 0) is 0 Å². The van der Waals surface area contributed by atoms with E-state index in [9.17, 15) is 19.8 Å². The summed E-state index contributed by atoms with van der Waals surface area (Å²) in [6, 6.07) is 1.09. The van der Waals surface area contributed by atoms with E-state index >= 15 is 0 Å². The molecule has 0 bridgehead atoms. The molecular formula is C9H12N2O6. The number of aliphatic hydroxyl groups is 3. The van der Waals surface area contributed by atoms with Crippen molar-refractivity contribution < 1.29 is 20.1 Å². The lowest BCUT2D eigenvalue weighted by Gasteiger charge is -2.16. The highest BCUT2D eigenvalue weighted by atomic mass is 16.6. The maximum absolute atomic E-state index is 11.4. The molecule has 8 heteroatoms. The average Bonchev–Trinajstić information content (AvgIpc) is 2.57. The van der Waals surface area contributed by atoms with E-state index in [1.807, 2.05) is 4.98 Å². The highest BCUT2D eigenvalue weighted by molar-refractivity contribution is 4.92. The molecule has 1 unspecified atom stereocenters. The molecule has 0 radical (unpaired) electrons. The Balaban J connectivity index is 2.35. The molecule has 4 N–H and O–H groups in total. The van der Waals surface area contributed by atoms with Crippen molar-refractivity contribution in [1.29, 1.82) is 0 Å². The third-order valence-corrected chi connectivity index (χ3v) is 2.64. The summed E-state index contributed by atoms with van der Waals surface area (Å²) in [5.41, 5.74) is -1.33. The van der Waals surface area contributed by atoms with Gasteiger partial charge in [-0.2, -0.15) is 0 Å². The van der Waals surface area contributed by atoms with Crippen LogP contribution in [0, 0.1) is 0 Å². The molecule has 2 rings (SSSR count). The standard InChI is InChI=1S/C9H12N2O6/c12-3-4-6(14)7(15)8(17-4)11-2-1-5(13)10-9(11)16/h1-2,4,6-8,12,14-15H,3H2,(H,10,13,16)/t4-,6-,7-,8?/m1/s1. The third kappa shape index (κ3) is 2.03. The molecular weight excluding hydrogens is 232 g/mol. The minimum absolute atomic E-state index is 0.479. The van der Waals surface area contributed by atoms with Gasteiger partial charge in [-0.25, -0.2) is 4.79 Å². The van der Waals surface area contributed by atoms with Crippen LogP contribution in [-0.2, 0) is 4.74 Å². The Kier molecular flexibility index (Phi) is 3.11. The molecule has 1 saturated heterocycles. The fourth-order valence-corrected chi connectivity index (χ4v) is 1.74. The normalized spacial score (nSPS) is 32.9. The molecule has 1 aliphatic heterocycles. The van der Waals surface area contributed by atoms with Crippen molar-refractivity contribution in [2.75, 3.05) is 6.61 Å². The van der Waals surface area contributed by atoms with E-state index in [2.05, 4.69) is 0 Å². The smallest absolute Gasteiger partial charge is 0.330 e. The monoisotopic (exact) mass is 244 g/mol. The average molecular weight is 244 g/mol. The number of aliphatic hydroxyl groups excluding tert-OH is 3. The van der Waals surface area contributed by atoms with Gasteiger partial charge in [0.25, 0.3) is 5.56 Å². The van der Waals surface area contributed by atoms with E-state index in [-0.39, 0.29) is 0 Å². The van der Waals surface area contributed by atoms with Crippen molar-refractivity contribution in [3.63, 3.8) is 0 Å². The van der Waals surface area contributed by atoms with Crippen molar-refractivity contribution >= 4 is 0 Å². The van der Waals surface area contributed by atoms with Crippen LogP contribution in [0.1, 0.15) is 6.23 Å². The fraction of sp³-hybridized carbons (Fsp3) is 0.556. The molecule has 0 amide bonds. The third-order valence-electron chi connectivity index (χ3n) is 2.64. The van der Waals surface area contributed by atoms with Crippen LogP contribution in [-0.4, -0.2) is 49.8 Å². The summed E-state index contributed by atoms with van der Waals surface area (Å²) < 4.78 is 6.08. The summed E-state index contributed by atoms with van der Waals surface area (Å²) >= 11 is 0. The zero-order chi connectivity index (χ0) is 12.6. The van der Waals surface area contributed by atoms with E-state index in [1.165, 1.54) is 0 Å². The Hall–Kier alpha value is -1.48. The van der Waals surface area contributed by atoms with E-state index in [0.717, 1.165) is 16.8 Å². The number of aromatic nitrogens is 2. The van der Waals surface area contributed by atoms with Gasteiger partial charge < -0.3 is 20.1 Å². The number of hydrogen-bond acceptors (Lipinski definition) is 6. The van der Waals surface area contributed by atoms with Gasteiger partial charge in [0.05, 0.1) is 6.61 Å². The first-order valence-electron chi connectivity index (χ1n) is 4.98. The van der Waals surface area contributed by atoms with Crippen LogP contribution < -0.4 is 11.2 Å². The number of nitrogens with zero attached hydrogens (tertiary/aromatic N) is 1. The largest absolute Gasteiger partial charge is 0.394 e. The van der Waals surface area contributed by atoms with Crippen LogP contribution in [0.15, 0.2) is 21.9 Å². The number of H-pyrrole nitrogens is 1. The van der Waals surface area contributed by atoms with Gasteiger partial charge in [0.15, 0.2) is 6.23 Å². The van der Waals surface area contributed by atoms with Gasteiger partial charge in [-0.15, -0.1) is 0 Å². The minimum Gasteiger partial charge on any atom is -0.394 e. The Labute approximate surface area is 94.7 Å². The molecule has 17 heavy (non-hydrogen) atoms. The molecule has 1 aromatic rings. The molecule has 1 fully saturated rings. The van der Waals surface area contributed by atoms with Crippen LogP contribution in [0.4, 0.5) is 0 Å². The molecule has 1 aromatic heterocycles. The number of ether oxygens (including phenoxy) is 1. The number of nitrogens with one attached hydrogen (secondary N) is 1. The SMILES string of the molecule is O=c1ccn(C2O[C@H](CO)[C@@H](O)[C@H]2O)c(=O)[nH]1. The van der Waals surface area contributed by atoms with Crippen LogP contribution in [0.3, 0.4) is 0 Å². The van der Waals surface area contributed by atoms with Crippen molar-refractivity contribution in [2.45, 2.75) is 24.5 Å². The van der Waals surface area contributed by atoms with Crippen LogP contribution in [0.2, 0.25) is 0 Å². The second-order valence-corrected chi connectivity index (χ2v) is 3.75. The van der Waals surface area contributed by atoms with Gasteiger partial charge in [-0.1, -0.05) is 0 Å². The van der Waals surface area contributed by atoms with E-state index in [0.29, 0.717) is 0 Å². The Morgan fingerprint density at radius 2 is 2.06 bits per heavy atom. The topological polar surface area (TPSA) is 125 Å². The first-order chi connectivity index (χ1) is 8.04. The molecule has 0 aromatic carbocycles. The predicted molar refractivity (Wildman–Crippen MR) is 54.3 cm³/mol. The van der Waals surface area contributed by atoms with Gasteiger partial charge in [0.1, 0.15) is 18.3 Å². The predicted octanol–water partition coefficient (Wildman–Crippen LogP) is -2.85. The van der Waals surface area contributed by atoms with Gasteiger partial charge >= 0.3 is 5.69 Å². The highest BCUT2D eigenvalue weighted by Crippen LogP contribution is 2.27. The van der Waals surface area contributed by atoms with E-state index < -0.39 is 42.4 Å². The summed E-state index contributed by atoms with van der Waals surface area (Å²) in [5, 5.41) is 28.1. The van der Waals surface area contributed by atoms with Gasteiger partial charge in [-0.3, -0.25) is 14.3 Å². The molecule has 4 atom stereocenters. The first kappa shape index (κ1) is 12.0. The minimum atomic E-state index is -1.35. The first-order valence-corrected chi connectivity index (χ1v) is 4.98. The summed E-state index contributed by atoms with van der Waals surface area (Å²) in [5.74, 6) is 0.